The van der Waals surface area contributed by atoms with Crippen LogP contribution in [0.2, 0.25) is 0 Å². The van der Waals surface area contributed by atoms with Crippen LogP contribution in [0.1, 0.15) is 48.2 Å². The van der Waals surface area contributed by atoms with Crippen LogP contribution in [0.25, 0.3) is 10.9 Å². The van der Waals surface area contributed by atoms with E-state index in [1.165, 1.54) is 11.3 Å². The number of nitrogens with zero attached hydrogens (tertiary/aromatic N) is 4. The Labute approximate surface area is 153 Å². The van der Waals surface area contributed by atoms with Crippen molar-refractivity contribution in [2.45, 2.75) is 40.2 Å². The molecule has 0 radical (unpaired) electrons. The smallest absolute Gasteiger partial charge is 0.275 e. The summed E-state index contributed by atoms with van der Waals surface area (Å²) in [5.41, 5.74) is 5.10. The Hall–Kier alpha value is -2.63. The molecule has 0 fully saturated rings. The van der Waals surface area contributed by atoms with Crippen molar-refractivity contribution < 1.29 is 4.79 Å². The van der Waals surface area contributed by atoms with Crippen LogP contribution in [-0.4, -0.2) is 37.3 Å². The molecular formula is C20H25N5O. The summed E-state index contributed by atoms with van der Waals surface area (Å²) in [7, 11) is 1.88. The topological polar surface area (TPSA) is 66.8 Å². The second kappa shape index (κ2) is 5.97. The third kappa shape index (κ3) is 2.89. The lowest BCUT2D eigenvalue weighted by molar-refractivity contribution is 0.0729. The molecule has 6 nitrogen and oxygen atoms in total. The zero-order chi connectivity index (χ0) is 18.5. The first-order valence-corrected chi connectivity index (χ1v) is 9.09. The minimum absolute atomic E-state index is 0.00430. The van der Waals surface area contributed by atoms with Gasteiger partial charge in [0.25, 0.3) is 5.91 Å². The van der Waals surface area contributed by atoms with Crippen molar-refractivity contribution in [2.24, 2.45) is 12.5 Å². The second-order valence-electron chi connectivity index (χ2n) is 8.33. The fourth-order valence-corrected chi connectivity index (χ4v) is 3.70. The van der Waals surface area contributed by atoms with Gasteiger partial charge in [0.15, 0.2) is 5.69 Å². The van der Waals surface area contributed by atoms with Gasteiger partial charge in [-0.2, -0.15) is 10.2 Å². The van der Waals surface area contributed by atoms with Crippen molar-refractivity contribution in [3.05, 3.63) is 46.9 Å². The lowest BCUT2D eigenvalue weighted by atomic mass is 9.88. The maximum Gasteiger partial charge on any atom is 0.275 e. The fraction of sp³-hybridized carbons (Fsp3) is 0.450. The maximum atomic E-state index is 13.2. The Kier molecular flexibility index (Phi) is 3.86. The number of rotatable bonds is 2. The molecule has 1 aromatic carbocycles. The Morgan fingerprint density at radius 1 is 1.27 bits per heavy atom. The van der Waals surface area contributed by atoms with Gasteiger partial charge in [0.2, 0.25) is 0 Å². The van der Waals surface area contributed by atoms with Gasteiger partial charge in [-0.1, -0.05) is 39.0 Å². The minimum atomic E-state index is -0.00430. The van der Waals surface area contributed by atoms with Gasteiger partial charge < -0.3 is 4.90 Å². The van der Waals surface area contributed by atoms with Crippen molar-refractivity contribution in [3.8, 4) is 0 Å². The molecule has 0 unspecified atom stereocenters. The molecule has 1 N–H and O–H groups in total. The van der Waals surface area contributed by atoms with Gasteiger partial charge in [0.05, 0.1) is 11.2 Å². The van der Waals surface area contributed by atoms with Gasteiger partial charge in [0.1, 0.15) is 0 Å². The Balaban J connectivity index is 1.64. The number of hydrogen-bond donors (Lipinski definition) is 1. The molecule has 26 heavy (non-hydrogen) atoms. The molecule has 0 spiro atoms. The first-order chi connectivity index (χ1) is 12.3. The number of aromatic amines is 1. The highest BCUT2D eigenvalue weighted by atomic mass is 16.2. The predicted molar refractivity (Wildman–Crippen MR) is 101 cm³/mol. The number of amides is 1. The molecule has 0 aliphatic carbocycles. The van der Waals surface area contributed by atoms with Gasteiger partial charge in [0, 0.05) is 43.2 Å². The van der Waals surface area contributed by atoms with Crippen LogP contribution in [0, 0.1) is 5.41 Å². The number of carbonyl (C=O) groups excluding carboxylic acids is 1. The largest absolute Gasteiger partial charge is 0.332 e. The van der Waals surface area contributed by atoms with Crippen molar-refractivity contribution in [3.63, 3.8) is 0 Å². The molecule has 0 saturated heterocycles. The summed E-state index contributed by atoms with van der Waals surface area (Å²) < 4.78 is 1.78. The van der Waals surface area contributed by atoms with E-state index >= 15 is 0 Å². The SMILES string of the molecule is Cn1nc(C(=O)N2CCc3[nH]nc(CC(C)(C)C)c3C2)c2ccccc21. The fourth-order valence-electron chi connectivity index (χ4n) is 3.70. The lowest BCUT2D eigenvalue weighted by Gasteiger charge is -2.27. The number of H-pyrrole nitrogens is 1. The highest BCUT2D eigenvalue weighted by Crippen LogP contribution is 2.28. The quantitative estimate of drug-likeness (QED) is 0.771. The normalized spacial score (nSPS) is 14.7. The van der Waals surface area contributed by atoms with Crippen LogP contribution in [0.4, 0.5) is 0 Å². The number of aromatic nitrogens is 4. The standard InChI is InChI=1S/C20H25N5O/c1-20(2,3)11-16-14-12-25(10-9-15(14)21-22-16)19(26)18-13-7-5-6-8-17(13)24(4)23-18/h5-8H,9-12H2,1-4H3,(H,21,22). The number of carbonyl (C=O) groups is 1. The summed E-state index contributed by atoms with van der Waals surface area (Å²) in [6.45, 7) is 7.91. The van der Waals surface area contributed by atoms with Crippen LogP contribution >= 0.6 is 0 Å². The van der Waals surface area contributed by atoms with E-state index in [-0.39, 0.29) is 11.3 Å². The van der Waals surface area contributed by atoms with Gasteiger partial charge in [-0.3, -0.25) is 14.6 Å². The number of aryl methyl sites for hydroxylation is 1. The third-order valence-corrected chi connectivity index (χ3v) is 4.96. The van der Waals surface area contributed by atoms with Crippen LogP contribution in [0.5, 0.6) is 0 Å². The van der Waals surface area contributed by atoms with Crippen molar-refractivity contribution >= 4 is 16.8 Å². The zero-order valence-corrected chi connectivity index (χ0v) is 15.8. The molecule has 3 heterocycles. The van der Waals surface area contributed by atoms with Crippen molar-refractivity contribution in [1.29, 1.82) is 0 Å². The van der Waals surface area contributed by atoms with E-state index in [0.29, 0.717) is 18.8 Å². The zero-order valence-electron chi connectivity index (χ0n) is 15.8. The van der Waals surface area contributed by atoms with Gasteiger partial charge in [-0.05, 0) is 17.9 Å². The van der Waals surface area contributed by atoms with Crippen LogP contribution in [-0.2, 0) is 26.4 Å². The number of nitrogens with one attached hydrogen (secondary N) is 1. The number of para-hydroxylation sites is 1. The summed E-state index contributed by atoms with van der Waals surface area (Å²) in [6.07, 6.45) is 1.70. The average molecular weight is 351 g/mol. The van der Waals surface area contributed by atoms with Gasteiger partial charge >= 0.3 is 0 Å². The van der Waals surface area contributed by atoms with E-state index in [2.05, 4.69) is 36.1 Å². The van der Waals surface area contributed by atoms with E-state index in [9.17, 15) is 4.79 Å². The summed E-state index contributed by atoms with van der Waals surface area (Å²) in [5.74, 6) is -0.00430. The first-order valence-electron chi connectivity index (χ1n) is 9.09. The van der Waals surface area contributed by atoms with Crippen molar-refractivity contribution in [1.82, 2.24) is 24.9 Å². The minimum Gasteiger partial charge on any atom is -0.332 e. The lowest BCUT2D eigenvalue weighted by Crippen LogP contribution is -2.36. The first kappa shape index (κ1) is 16.8. The number of fused-ring (bicyclic) bond motifs is 2. The third-order valence-electron chi connectivity index (χ3n) is 4.96. The molecule has 1 amide bonds. The molecular weight excluding hydrogens is 326 g/mol. The molecule has 0 saturated carbocycles. The second-order valence-corrected chi connectivity index (χ2v) is 8.33. The molecule has 2 aromatic heterocycles. The van der Waals surface area contributed by atoms with Crippen LogP contribution in [0.3, 0.4) is 0 Å². The van der Waals surface area contributed by atoms with E-state index in [1.807, 2.05) is 36.2 Å². The van der Waals surface area contributed by atoms with E-state index in [0.717, 1.165) is 29.4 Å². The summed E-state index contributed by atoms with van der Waals surface area (Å²) >= 11 is 0. The molecule has 3 aromatic rings. The molecule has 0 bridgehead atoms. The average Bonchev–Trinajstić information content (AvgIpc) is 3.14. The van der Waals surface area contributed by atoms with Crippen LogP contribution in [0.15, 0.2) is 24.3 Å². The molecule has 4 rings (SSSR count). The van der Waals surface area contributed by atoms with Crippen molar-refractivity contribution in [2.75, 3.05) is 6.54 Å². The Bertz CT molecular complexity index is 976. The monoisotopic (exact) mass is 351 g/mol. The van der Waals surface area contributed by atoms with E-state index in [4.69, 9.17) is 0 Å². The van der Waals surface area contributed by atoms with Gasteiger partial charge in [-0.25, -0.2) is 0 Å². The highest BCUT2D eigenvalue weighted by molar-refractivity contribution is 6.04. The predicted octanol–water partition coefficient (Wildman–Crippen LogP) is 3.08. The molecule has 136 valence electrons. The summed E-state index contributed by atoms with van der Waals surface area (Å²) in [5, 5.41) is 13.1. The Morgan fingerprint density at radius 3 is 2.81 bits per heavy atom. The number of benzene rings is 1. The van der Waals surface area contributed by atoms with E-state index in [1.54, 1.807) is 4.68 Å². The van der Waals surface area contributed by atoms with Gasteiger partial charge in [-0.15, -0.1) is 0 Å². The summed E-state index contributed by atoms with van der Waals surface area (Å²) in [6, 6.07) is 7.88. The molecule has 6 heteroatoms. The summed E-state index contributed by atoms with van der Waals surface area (Å²) in [4.78, 5) is 15.1. The molecule has 0 atom stereocenters. The number of hydrogen-bond acceptors (Lipinski definition) is 3. The maximum absolute atomic E-state index is 13.2. The highest BCUT2D eigenvalue weighted by Gasteiger charge is 2.29. The van der Waals surface area contributed by atoms with Crippen LogP contribution < -0.4 is 0 Å². The molecule has 1 aliphatic rings. The Morgan fingerprint density at radius 2 is 2.04 bits per heavy atom. The van der Waals surface area contributed by atoms with E-state index < -0.39 is 0 Å². The molecule has 1 aliphatic heterocycles.